The Bertz CT molecular complexity index is 2450. The van der Waals surface area contributed by atoms with E-state index in [0.717, 1.165) is 66.8 Å². The van der Waals surface area contributed by atoms with Crippen LogP contribution in [0.2, 0.25) is 0 Å². The molecule has 0 amide bonds. The van der Waals surface area contributed by atoms with Gasteiger partial charge in [-0.3, -0.25) is 0 Å². The molecule has 53 heavy (non-hydrogen) atoms. The first-order valence-electron chi connectivity index (χ1n) is 17.8. The van der Waals surface area contributed by atoms with Crippen LogP contribution in [0.3, 0.4) is 0 Å². The van der Waals surface area contributed by atoms with Crippen molar-refractivity contribution in [3.05, 3.63) is 193 Å². The zero-order chi connectivity index (χ0) is 36.1. The summed E-state index contributed by atoms with van der Waals surface area (Å²) >= 11 is 1.80. The van der Waals surface area contributed by atoms with E-state index in [1.807, 2.05) is 24.3 Å². The lowest BCUT2D eigenvalue weighted by molar-refractivity contribution is 0.627. The predicted octanol–water partition coefficient (Wildman–Crippen LogP) is 15.0. The minimum Gasteiger partial charge on any atom is -0.207 e. The average molecular weight is 705 g/mol. The standard InChI is InChI=1S/C50H34F2S/c1-31-3-7-33(8-4-31)39-23-41(35-11-17-45(51)18-12-35)27-43(25-39)37-15-21-49-47(29-37)48-30-38(16-22-50(48)53-49)44-26-40(34-9-5-32(2)6-10-34)24-42(28-44)36-13-19-46(52)20-14-36/h3-30H,1-2H3. The summed E-state index contributed by atoms with van der Waals surface area (Å²) in [6, 6.07) is 57.5. The van der Waals surface area contributed by atoms with Gasteiger partial charge in [-0.25, -0.2) is 8.78 Å². The van der Waals surface area contributed by atoms with Gasteiger partial charge in [-0.2, -0.15) is 0 Å². The van der Waals surface area contributed by atoms with E-state index >= 15 is 0 Å². The van der Waals surface area contributed by atoms with Crippen LogP contribution in [-0.4, -0.2) is 0 Å². The first-order chi connectivity index (χ1) is 25.8. The molecule has 9 aromatic rings. The highest BCUT2D eigenvalue weighted by molar-refractivity contribution is 7.25. The Balaban J connectivity index is 1.18. The molecule has 0 aliphatic carbocycles. The monoisotopic (exact) mass is 704 g/mol. The molecule has 0 unspecified atom stereocenters. The zero-order valence-electron chi connectivity index (χ0n) is 29.3. The van der Waals surface area contributed by atoms with Crippen molar-refractivity contribution in [1.29, 1.82) is 0 Å². The summed E-state index contributed by atoms with van der Waals surface area (Å²) in [4.78, 5) is 0. The zero-order valence-corrected chi connectivity index (χ0v) is 30.1. The molecule has 0 saturated heterocycles. The summed E-state index contributed by atoms with van der Waals surface area (Å²) in [7, 11) is 0. The molecule has 0 spiro atoms. The van der Waals surface area contributed by atoms with E-state index in [-0.39, 0.29) is 11.6 Å². The lowest BCUT2D eigenvalue weighted by Gasteiger charge is -2.12. The van der Waals surface area contributed by atoms with E-state index in [1.165, 1.54) is 55.6 Å². The van der Waals surface area contributed by atoms with Gasteiger partial charge in [-0.1, -0.05) is 96.1 Å². The smallest absolute Gasteiger partial charge is 0.123 e. The van der Waals surface area contributed by atoms with Crippen molar-refractivity contribution in [2.75, 3.05) is 0 Å². The topological polar surface area (TPSA) is 0 Å². The second-order valence-corrected chi connectivity index (χ2v) is 15.0. The second-order valence-electron chi connectivity index (χ2n) is 13.9. The maximum atomic E-state index is 13.9. The third kappa shape index (κ3) is 6.57. The van der Waals surface area contributed by atoms with Crippen molar-refractivity contribution in [3.63, 3.8) is 0 Å². The Hall–Kier alpha value is -6.16. The maximum Gasteiger partial charge on any atom is 0.123 e. The maximum absolute atomic E-state index is 13.9. The van der Waals surface area contributed by atoms with E-state index in [9.17, 15) is 8.78 Å². The summed E-state index contributed by atoms with van der Waals surface area (Å²) in [5.41, 5.74) is 15.4. The number of thiophene rings is 1. The van der Waals surface area contributed by atoms with Crippen LogP contribution in [0.4, 0.5) is 8.78 Å². The fraction of sp³-hybridized carbons (Fsp3) is 0.0400. The highest BCUT2D eigenvalue weighted by atomic mass is 32.1. The summed E-state index contributed by atoms with van der Waals surface area (Å²) in [6.07, 6.45) is 0. The van der Waals surface area contributed by atoms with Crippen LogP contribution in [0.15, 0.2) is 170 Å². The van der Waals surface area contributed by atoms with Crippen molar-refractivity contribution in [3.8, 4) is 66.8 Å². The van der Waals surface area contributed by atoms with Gasteiger partial charge in [-0.15, -0.1) is 11.3 Å². The minimum absolute atomic E-state index is 0.244. The molecule has 1 heterocycles. The van der Waals surface area contributed by atoms with Gasteiger partial charge in [0.1, 0.15) is 11.6 Å². The molecule has 9 rings (SSSR count). The Morgan fingerprint density at radius 3 is 0.868 bits per heavy atom. The van der Waals surface area contributed by atoms with Crippen LogP contribution < -0.4 is 0 Å². The minimum atomic E-state index is -0.244. The summed E-state index contributed by atoms with van der Waals surface area (Å²) in [5, 5.41) is 2.42. The summed E-state index contributed by atoms with van der Waals surface area (Å²) in [5.74, 6) is -0.488. The SMILES string of the molecule is Cc1ccc(-c2cc(-c3ccc(F)cc3)cc(-c3ccc4sc5ccc(-c6cc(-c7ccc(C)cc7)cc(-c7ccc(F)cc7)c6)cc5c4c3)c2)cc1. The van der Waals surface area contributed by atoms with Crippen molar-refractivity contribution in [2.24, 2.45) is 0 Å². The van der Waals surface area contributed by atoms with Gasteiger partial charge in [0.05, 0.1) is 0 Å². The fourth-order valence-electron chi connectivity index (χ4n) is 7.17. The largest absolute Gasteiger partial charge is 0.207 e. The van der Waals surface area contributed by atoms with Crippen molar-refractivity contribution in [2.45, 2.75) is 13.8 Å². The molecule has 0 bridgehead atoms. The van der Waals surface area contributed by atoms with E-state index < -0.39 is 0 Å². The highest BCUT2D eigenvalue weighted by Gasteiger charge is 2.14. The van der Waals surface area contributed by atoms with Crippen molar-refractivity contribution >= 4 is 31.5 Å². The van der Waals surface area contributed by atoms with Gasteiger partial charge >= 0.3 is 0 Å². The third-order valence-electron chi connectivity index (χ3n) is 10.1. The molecular formula is C50H34F2S. The molecule has 254 valence electrons. The van der Waals surface area contributed by atoms with Gasteiger partial charge in [0.25, 0.3) is 0 Å². The van der Waals surface area contributed by atoms with Crippen molar-refractivity contribution in [1.82, 2.24) is 0 Å². The van der Waals surface area contributed by atoms with Gasteiger partial charge in [-0.05, 0) is 166 Å². The van der Waals surface area contributed by atoms with Gasteiger partial charge < -0.3 is 0 Å². The van der Waals surface area contributed by atoms with Gasteiger partial charge in [0, 0.05) is 20.2 Å². The number of aryl methyl sites for hydroxylation is 2. The van der Waals surface area contributed by atoms with Crippen LogP contribution in [-0.2, 0) is 0 Å². The number of hydrogen-bond acceptors (Lipinski definition) is 1. The number of fused-ring (bicyclic) bond motifs is 3. The Kier molecular flexibility index (Phi) is 8.29. The molecule has 8 aromatic carbocycles. The van der Waals surface area contributed by atoms with Crippen LogP contribution in [0.25, 0.3) is 86.9 Å². The fourth-order valence-corrected chi connectivity index (χ4v) is 8.24. The second kappa shape index (κ2) is 13.4. The van der Waals surface area contributed by atoms with E-state index in [2.05, 4.69) is 135 Å². The number of halogens is 2. The molecular weight excluding hydrogens is 671 g/mol. The van der Waals surface area contributed by atoms with Crippen LogP contribution in [0.1, 0.15) is 11.1 Å². The Morgan fingerprint density at radius 1 is 0.283 bits per heavy atom. The van der Waals surface area contributed by atoms with Crippen LogP contribution in [0.5, 0.6) is 0 Å². The van der Waals surface area contributed by atoms with Crippen LogP contribution >= 0.6 is 11.3 Å². The van der Waals surface area contributed by atoms with Gasteiger partial charge in [0.15, 0.2) is 0 Å². The lowest BCUT2D eigenvalue weighted by Crippen LogP contribution is -1.87. The van der Waals surface area contributed by atoms with Crippen LogP contribution in [0, 0.1) is 25.5 Å². The Labute approximate surface area is 312 Å². The number of hydrogen-bond donors (Lipinski definition) is 0. The Morgan fingerprint density at radius 2 is 0.547 bits per heavy atom. The first-order valence-corrected chi connectivity index (χ1v) is 18.6. The van der Waals surface area contributed by atoms with Crippen molar-refractivity contribution < 1.29 is 8.78 Å². The molecule has 1 aromatic heterocycles. The normalized spacial score (nSPS) is 11.4. The lowest BCUT2D eigenvalue weighted by atomic mass is 9.92. The number of rotatable bonds is 6. The molecule has 0 fully saturated rings. The van der Waals surface area contributed by atoms with Gasteiger partial charge in [0.2, 0.25) is 0 Å². The van der Waals surface area contributed by atoms with E-state index in [4.69, 9.17) is 0 Å². The predicted molar refractivity (Wildman–Crippen MR) is 221 cm³/mol. The molecule has 0 aliphatic heterocycles. The molecule has 0 aliphatic rings. The molecule has 0 saturated carbocycles. The molecule has 0 atom stereocenters. The summed E-state index contributed by atoms with van der Waals surface area (Å²) in [6.45, 7) is 4.20. The first kappa shape index (κ1) is 32.7. The third-order valence-corrected chi connectivity index (χ3v) is 11.3. The summed E-state index contributed by atoms with van der Waals surface area (Å²) < 4.78 is 30.3. The average Bonchev–Trinajstić information content (AvgIpc) is 3.56. The molecule has 0 radical (unpaired) electrons. The quantitative estimate of drug-likeness (QED) is 0.162. The molecule has 0 nitrogen and oxygen atoms in total. The molecule has 0 N–H and O–H groups in total. The van der Waals surface area contributed by atoms with E-state index in [0.29, 0.717) is 0 Å². The van der Waals surface area contributed by atoms with E-state index in [1.54, 1.807) is 11.3 Å². The highest BCUT2D eigenvalue weighted by Crippen LogP contribution is 2.41. The molecule has 3 heteroatoms. The number of benzene rings is 8.